The van der Waals surface area contributed by atoms with Gasteiger partial charge in [-0.1, -0.05) is 23.4 Å². The Kier molecular flexibility index (Phi) is 8.42. The minimum Gasteiger partial charge on any atom is -0.497 e. The third kappa shape index (κ3) is 6.62. The average Bonchev–Trinajstić information content (AvgIpc) is 3.40. The van der Waals surface area contributed by atoms with Crippen molar-refractivity contribution in [3.8, 4) is 5.75 Å². The lowest BCUT2D eigenvalue weighted by atomic mass is 10.0. The van der Waals surface area contributed by atoms with Crippen LogP contribution in [0.5, 0.6) is 5.75 Å². The number of para-hydroxylation sites is 1. The third-order valence-electron chi connectivity index (χ3n) is 6.05. The Bertz CT molecular complexity index is 1520. The number of hydrogen-bond acceptors (Lipinski definition) is 7. The zero-order chi connectivity index (χ0) is 28.8. The first-order valence-electron chi connectivity index (χ1n) is 11.9. The number of anilines is 1. The van der Waals surface area contributed by atoms with Crippen LogP contribution in [0.3, 0.4) is 0 Å². The molecule has 206 valence electrons. The van der Waals surface area contributed by atoms with E-state index in [0.29, 0.717) is 23.1 Å². The zero-order valence-electron chi connectivity index (χ0n) is 21.5. The summed E-state index contributed by atoms with van der Waals surface area (Å²) in [6.07, 6.45) is 1.06. The molecule has 1 heterocycles. The summed E-state index contributed by atoms with van der Waals surface area (Å²) in [5, 5.41) is 21.6. The fraction of sp³-hybridized carbons (Fsp3) is 0.185. The molecule has 0 saturated heterocycles. The molecule has 4 rings (SSSR count). The molecular weight excluding hydrogens is 526 g/mol. The van der Waals surface area contributed by atoms with E-state index in [1.54, 1.807) is 36.4 Å². The summed E-state index contributed by atoms with van der Waals surface area (Å²) in [5.74, 6) is -2.40. The molecule has 4 aromatic rings. The number of carbonyl (C=O) groups excluding carboxylic acids is 2. The highest BCUT2D eigenvalue weighted by molar-refractivity contribution is 6.01. The number of nitrogens with zero attached hydrogens (tertiary/aromatic N) is 5. The number of nitrogens with one attached hydrogen (secondary N) is 1. The Morgan fingerprint density at radius 1 is 1.10 bits per heavy atom. The summed E-state index contributed by atoms with van der Waals surface area (Å²) in [4.78, 5) is 38.6. The highest BCUT2D eigenvalue weighted by atomic mass is 19.1. The van der Waals surface area contributed by atoms with Crippen LogP contribution in [-0.4, -0.2) is 51.9 Å². The Morgan fingerprint density at radius 2 is 1.77 bits per heavy atom. The van der Waals surface area contributed by atoms with Gasteiger partial charge >= 0.3 is 0 Å². The number of carbonyl (C=O) groups is 2. The van der Waals surface area contributed by atoms with Crippen molar-refractivity contribution in [1.29, 1.82) is 0 Å². The zero-order valence-corrected chi connectivity index (χ0v) is 21.5. The van der Waals surface area contributed by atoms with Gasteiger partial charge in [0.2, 0.25) is 5.91 Å². The van der Waals surface area contributed by atoms with Gasteiger partial charge in [0.15, 0.2) is 5.69 Å². The lowest BCUT2D eigenvalue weighted by molar-refractivity contribution is -0.385. The Morgan fingerprint density at radius 3 is 2.42 bits per heavy atom. The Balaban J connectivity index is 1.56. The number of nitro groups is 1. The van der Waals surface area contributed by atoms with Gasteiger partial charge in [-0.15, -0.1) is 5.10 Å². The first-order chi connectivity index (χ1) is 19.1. The fourth-order valence-electron chi connectivity index (χ4n) is 4.04. The lowest BCUT2D eigenvalue weighted by Gasteiger charge is -2.25. The Hall–Kier alpha value is -5.20. The van der Waals surface area contributed by atoms with Crippen LogP contribution in [0, 0.1) is 21.7 Å². The van der Waals surface area contributed by atoms with Gasteiger partial charge in [-0.05, 0) is 42.0 Å². The van der Waals surface area contributed by atoms with Crippen LogP contribution < -0.4 is 15.0 Å². The van der Waals surface area contributed by atoms with Crippen molar-refractivity contribution in [2.45, 2.75) is 19.0 Å². The van der Waals surface area contributed by atoms with Gasteiger partial charge < -0.3 is 15.0 Å². The highest BCUT2D eigenvalue weighted by Gasteiger charge is 2.27. The monoisotopic (exact) mass is 550 g/mol. The van der Waals surface area contributed by atoms with Gasteiger partial charge in [0, 0.05) is 31.3 Å². The molecule has 0 aliphatic heterocycles. The largest absolute Gasteiger partial charge is 0.497 e. The molecule has 2 amide bonds. The van der Waals surface area contributed by atoms with Gasteiger partial charge in [0.1, 0.15) is 23.4 Å². The summed E-state index contributed by atoms with van der Waals surface area (Å²) in [5.41, 5.74) is 0.726. The highest BCUT2D eigenvalue weighted by Crippen LogP contribution is 2.21. The summed E-state index contributed by atoms with van der Waals surface area (Å²) >= 11 is 0. The van der Waals surface area contributed by atoms with Crippen molar-refractivity contribution < 1.29 is 28.0 Å². The lowest BCUT2D eigenvalue weighted by Crippen LogP contribution is -2.49. The molecule has 0 aliphatic rings. The molecule has 11 nitrogen and oxygen atoms in total. The second-order valence-corrected chi connectivity index (χ2v) is 8.79. The van der Waals surface area contributed by atoms with Gasteiger partial charge in [-0.25, -0.2) is 13.5 Å². The SMILES string of the molecule is COc1ccc(N(C)C(=O)C(Cc2cc(F)cc(F)c2)NC(=O)c2cn(Cc3ccccc3[N+](=O)[O-])nn2)cc1. The number of rotatable bonds is 10. The topological polar surface area (TPSA) is 132 Å². The molecule has 13 heteroatoms. The van der Waals surface area contributed by atoms with Crippen LogP contribution in [0.1, 0.15) is 21.6 Å². The first-order valence-corrected chi connectivity index (χ1v) is 11.9. The van der Waals surface area contributed by atoms with Crippen molar-refractivity contribution >= 4 is 23.2 Å². The van der Waals surface area contributed by atoms with Gasteiger partial charge in [-0.3, -0.25) is 19.7 Å². The van der Waals surface area contributed by atoms with E-state index in [-0.39, 0.29) is 29.9 Å². The molecule has 0 aliphatic carbocycles. The standard InChI is InChI=1S/C27H24F2N6O5/c1-33(21-7-9-22(40-2)10-8-21)27(37)23(13-17-11-19(28)14-20(29)12-17)30-26(36)24-16-34(32-31-24)15-18-5-3-4-6-25(18)35(38)39/h3-12,14,16,23H,13,15H2,1-2H3,(H,30,36). The minimum absolute atomic E-state index is 0.0252. The van der Waals surface area contributed by atoms with Crippen molar-refractivity contribution in [1.82, 2.24) is 20.3 Å². The Labute approximate surface area is 227 Å². The predicted octanol–water partition coefficient (Wildman–Crippen LogP) is 3.53. The fourth-order valence-corrected chi connectivity index (χ4v) is 4.04. The van der Waals surface area contributed by atoms with Gasteiger partial charge in [-0.2, -0.15) is 0 Å². The molecule has 0 radical (unpaired) electrons. The number of nitro benzene ring substituents is 1. The van der Waals surface area contributed by atoms with Gasteiger partial charge in [0.05, 0.1) is 30.3 Å². The molecule has 0 bridgehead atoms. The van der Waals surface area contributed by atoms with E-state index >= 15 is 0 Å². The molecule has 0 fully saturated rings. The number of aromatic nitrogens is 3. The van der Waals surface area contributed by atoms with E-state index in [1.807, 2.05) is 0 Å². The smallest absolute Gasteiger partial charge is 0.274 e. The molecular formula is C27H24F2N6O5. The van der Waals surface area contributed by atoms with E-state index in [2.05, 4.69) is 15.6 Å². The quantitative estimate of drug-likeness (QED) is 0.236. The van der Waals surface area contributed by atoms with E-state index in [1.165, 1.54) is 42.1 Å². The summed E-state index contributed by atoms with van der Waals surface area (Å²) < 4.78 is 34.1. The molecule has 1 N–H and O–H groups in total. The van der Waals surface area contributed by atoms with E-state index in [4.69, 9.17) is 4.74 Å². The summed E-state index contributed by atoms with van der Waals surface area (Å²) in [6, 6.07) is 14.3. The number of benzene rings is 3. The minimum atomic E-state index is -1.24. The van der Waals surface area contributed by atoms with Crippen LogP contribution in [-0.2, 0) is 17.8 Å². The maximum atomic E-state index is 13.9. The molecule has 40 heavy (non-hydrogen) atoms. The molecule has 3 aromatic carbocycles. The average molecular weight is 551 g/mol. The molecule has 0 spiro atoms. The number of ether oxygens (including phenoxy) is 1. The molecule has 1 atom stereocenters. The number of methoxy groups -OCH3 is 1. The second kappa shape index (κ2) is 12.1. The number of likely N-dealkylation sites (N-methyl/N-ethyl adjacent to an activating group) is 1. The molecule has 1 unspecified atom stereocenters. The summed E-state index contributed by atoms with van der Waals surface area (Å²) in [7, 11) is 3.00. The van der Waals surface area contributed by atoms with Crippen molar-refractivity contribution in [2.24, 2.45) is 0 Å². The molecule has 1 aromatic heterocycles. The first kappa shape index (κ1) is 27.8. The van der Waals surface area contributed by atoms with Crippen molar-refractivity contribution in [3.05, 3.63) is 111 Å². The van der Waals surface area contributed by atoms with Crippen LogP contribution in [0.25, 0.3) is 0 Å². The van der Waals surface area contributed by atoms with Crippen molar-refractivity contribution in [3.63, 3.8) is 0 Å². The van der Waals surface area contributed by atoms with Crippen LogP contribution >= 0.6 is 0 Å². The maximum absolute atomic E-state index is 13.9. The van der Waals surface area contributed by atoms with Crippen LogP contribution in [0.15, 0.2) is 72.9 Å². The van der Waals surface area contributed by atoms with Gasteiger partial charge in [0.25, 0.3) is 11.6 Å². The predicted molar refractivity (Wildman–Crippen MR) is 140 cm³/mol. The van der Waals surface area contributed by atoms with Crippen LogP contribution in [0.2, 0.25) is 0 Å². The third-order valence-corrected chi connectivity index (χ3v) is 6.05. The maximum Gasteiger partial charge on any atom is 0.274 e. The number of hydrogen-bond donors (Lipinski definition) is 1. The van der Waals surface area contributed by atoms with Crippen LogP contribution in [0.4, 0.5) is 20.2 Å². The second-order valence-electron chi connectivity index (χ2n) is 8.79. The summed E-state index contributed by atoms with van der Waals surface area (Å²) in [6.45, 7) is -0.0252. The van der Waals surface area contributed by atoms with E-state index in [9.17, 15) is 28.5 Å². The van der Waals surface area contributed by atoms with Crippen molar-refractivity contribution in [2.75, 3.05) is 19.1 Å². The number of halogens is 2. The normalized spacial score (nSPS) is 11.5. The van der Waals surface area contributed by atoms with E-state index < -0.39 is 34.4 Å². The molecule has 0 saturated carbocycles. The van der Waals surface area contributed by atoms with E-state index in [0.717, 1.165) is 12.1 Å². The number of amides is 2.